The quantitative estimate of drug-likeness (QED) is 0.303. The second kappa shape index (κ2) is 3.41. The predicted octanol–water partition coefficient (Wildman–Crippen LogP) is -1.03. The number of guanidine groups is 1. The van der Waals surface area contributed by atoms with Crippen molar-refractivity contribution in [2.75, 3.05) is 34.2 Å². The van der Waals surface area contributed by atoms with E-state index in [-0.39, 0.29) is 5.96 Å². The highest BCUT2D eigenvalue weighted by atomic mass is 15.3. The third kappa shape index (κ3) is 7.23. The lowest BCUT2D eigenvalue weighted by molar-refractivity contribution is -0.868. The van der Waals surface area contributed by atoms with Gasteiger partial charge in [0, 0.05) is 0 Å². The van der Waals surface area contributed by atoms with Gasteiger partial charge in [-0.2, -0.15) is 0 Å². The van der Waals surface area contributed by atoms with E-state index in [2.05, 4.69) is 26.1 Å². The largest absolute Gasteiger partial charge is 0.370 e. The summed E-state index contributed by atoms with van der Waals surface area (Å²) in [6.07, 6.45) is 0. The van der Waals surface area contributed by atoms with Gasteiger partial charge in [0.25, 0.3) is 0 Å². The SMILES string of the molecule is C[N+](C)(C)CCN=C(N)N. The smallest absolute Gasteiger partial charge is 0.186 e. The summed E-state index contributed by atoms with van der Waals surface area (Å²) in [6, 6.07) is 0. The van der Waals surface area contributed by atoms with Crippen LogP contribution in [0.25, 0.3) is 0 Å². The molecule has 0 aliphatic rings. The molecule has 4 heteroatoms. The van der Waals surface area contributed by atoms with Gasteiger partial charge in [0.2, 0.25) is 0 Å². The zero-order valence-corrected chi connectivity index (χ0v) is 6.96. The molecule has 0 aromatic heterocycles. The zero-order chi connectivity index (χ0) is 8.20. The van der Waals surface area contributed by atoms with Crippen LogP contribution in [0.15, 0.2) is 4.99 Å². The monoisotopic (exact) mass is 145 g/mol. The first-order valence-electron chi connectivity index (χ1n) is 3.28. The first-order valence-corrected chi connectivity index (χ1v) is 3.28. The second-order valence-corrected chi connectivity index (χ2v) is 3.32. The number of nitrogens with two attached hydrogens (primary N) is 2. The molecule has 4 N–H and O–H groups in total. The number of quaternary nitrogens is 1. The van der Waals surface area contributed by atoms with E-state index in [1.165, 1.54) is 0 Å². The summed E-state index contributed by atoms with van der Waals surface area (Å²) < 4.78 is 0.886. The summed E-state index contributed by atoms with van der Waals surface area (Å²) in [4.78, 5) is 3.87. The second-order valence-electron chi connectivity index (χ2n) is 3.32. The maximum Gasteiger partial charge on any atom is 0.186 e. The molecular weight excluding hydrogens is 128 g/mol. The molecule has 0 unspecified atom stereocenters. The lowest BCUT2D eigenvalue weighted by atomic mass is 10.5. The fourth-order valence-electron chi connectivity index (χ4n) is 0.479. The molecule has 0 saturated carbocycles. The van der Waals surface area contributed by atoms with E-state index in [1.54, 1.807) is 0 Å². The molecule has 60 valence electrons. The standard InChI is InChI=1S/C6H17N4/c1-10(2,3)5-4-9-6(7)8/h4-5H2,1-3H3,(H4,7,8,9)/q+1. The molecule has 0 aliphatic carbocycles. The van der Waals surface area contributed by atoms with Crippen LogP contribution >= 0.6 is 0 Å². The number of hydrogen-bond donors (Lipinski definition) is 2. The normalized spacial score (nSPS) is 11.1. The van der Waals surface area contributed by atoms with E-state index in [1.807, 2.05) is 0 Å². The molecule has 0 amide bonds. The molecule has 10 heavy (non-hydrogen) atoms. The van der Waals surface area contributed by atoms with Gasteiger partial charge in [-0.15, -0.1) is 0 Å². The molecule has 0 aromatic carbocycles. The molecule has 0 atom stereocenters. The molecule has 0 spiro atoms. The molecule has 0 aliphatic heterocycles. The first kappa shape index (κ1) is 9.23. The summed E-state index contributed by atoms with van der Waals surface area (Å²) in [5, 5.41) is 0. The number of nitrogens with zero attached hydrogens (tertiary/aromatic N) is 2. The number of hydrogen-bond acceptors (Lipinski definition) is 1. The van der Waals surface area contributed by atoms with Gasteiger partial charge < -0.3 is 16.0 Å². The summed E-state index contributed by atoms with van der Waals surface area (Å²) in [7, 11) is 6.30. The molecule has 0 heterocycles. The molecule has 4 nitrogen and oxygen atoms in total. The first-order chi connectivity index (χ1) is 4.42. The van der Waals surface area contributed by atoms with Crippen LogP contribution in [0.4, 0.5) is 0 Å². The van der Waals surface area contributed by atoms with Crippen LogP contribution in [-0.2, 0) is 0 Å². The Labute approximate surface area is 62.1 Å². The van der Waals surface area contributed by atoms with Crippen molar-refractivity contribution in [3.8, 4) is 0 Å². The molecule has 0 radical (unpaired) electrons. The minimum absolute atomic E-state index is 0.174. The Hall–Kier alpha value is -0.770. The highest BCUT2D eigenvalue weighted by Gasteiger charge is 2.03. The summed E-state index contributed by atoms with van der Waals surface area (Å²) >= 11 is 0. The molecular formula is C6H17N4+. The number of rotatable bonds is 3. The predicted molar refractivity (Wildman–Crippen MR) is 43.6 cm³/mol. The van der Waals surface area contributed by atoms with Crippen molar-refractivity contribution in [1.29, 1.82) is 0 Å². The van der Waals surface area contributed by atoms with Gasteiger partial charge in [0.1, 0.15) is 0 Å². The van der Waals surface area contributed by atoms with Crippen molar-refractivity contribution >= 4 is 5.96 Å². The van der Waals surface area contributed by atoms with E-state index >= 15 is 0 Å². The van der Waals surface area contributed by atoms with Crippen molar-refractivity contribution in [1.82, 2.24) is 0 Å². The average molecular weight is 145 g/mol. The summed E-state index contributed by atoms with van der Waals surface area (Å²) in [6.45, 7) is 1.66. The molecule has 0 bridgehead atoms. The van der Waals surface area contributed by atoms with Crippen molar-refractivity contribution in [3.05, 3.63) is 0 Å². The van der Waals surface area contributed by atoms with Gasteiger partial charge in [0.05, 0.1) is 34.2 Å². The average Bonchev–Trinajstić information content (AvgIpc) is 1.59. The van der Waals surface area contributed by atoms with Crippen molar-refractivity contribution < 1.29 is 4.48 Å². The van der Waals surface area contributed by atoms with Crippen LogP contribution in [0.3, 0.4) is 0 Å². The van der Waals surface area contributed by atoms with Crippen molar-refractivity contribution in [3.63, 3.8) is 0 Å². The van der Waals surface area contributed by atoms with Crippen molar-refractivity contribution in [2.24, 2.45) is 16.5 Å². The van der Waals surface area contributed by atoms with Gasteiger partial charge in [0.15, 0.2) is 5.96 Å². The Morgan fingerprint density at radius 2 is 1.80 bits per heavy atom. The highest BCUT2D eigenvalue weighted by molar-refractivity contribution is 5.75. The Balaban J connectivity index is 3.47. The van der Waals surface area contributed by atoms with Crippen molar-refractivity contribution in [2.45, 2.75) is 0 Å². The van der Waals surface area contributed by atoms with Crippen LogP contribution in [0.1, 0.15) is 0 Å². The molecule has 0 saturated heterocycles. The van der Waals surface area contributed by atoms with Gasteiger partial charge in [-0.25, -0.2) is 4.99 Å². The van der Waals surface area contributed by atoms with Crippen LogP contribution in [-0.4, -0.2) is 44.7 Å². The third-order valence-corrected chi connectivity index (χ3v) is 1.07. The summed E-state index contributed by atoms with van der Waals surface area (Å²) in [5.41, 5.74) is 10.3. The van der Waals surface area contributed by atoms with Crippen LogP contribution in [0, 0.1) is 0 Å². The third-order valence-electron chi connectivity index (χ3n) is 1.07. The van der Waals surface area contributed by atoms with Crippen LogP contribution in [0.5, 0.6) is 0 Å². The van der Waals surface area contributed by atoms with Gasteiger partial charge in [-0.05, 0) is 0 Å². The van der Waals surface area contributed by atoms with E-state index in [4.69, 9.17) is 11.5 Å². The number of aliphatic imine (C=N–C) groups is 1. The Morgan fingerprint density at radius 3 is 2.10 bits per heavy atom. The Morgan fingerprint density at radius 1 is 1.30 bits per heavy atom. The van der Waals surface area contributed by atoms with E-state index in [9.17, 15) is 0 Å². The van der Waals surface area contributed by atoms with E-state index in [0.29, 0.717) is 6.54 Å². The lowest BCUT2D eigenvalue weighted by Gasteiger charge is -2.22. The van der Waals surface area contributed by atoms with Gasteiger partial charge in [-0.3, -0.25) is 0 Å². The fraction of sp³-hybridized carbons (Fsp3) is 0.833. The minimum atomic E-state index is 0.174. The Bertz CT molecular complexity index is 118. The van der Waals surface area contributed by atoms with E-state index in [0.717, 1.165) is 11.0 Å². The zero-order valence-electron chi connectivity index (χ0n) is 6.96. The highest BCUT2D eigenvalue weighted by Crippen LogP contribution is 1.87. The molecule has 0 rings (SSSR count). The van der Waals surface area contributed by atoms with Gasteiger partial charge >= 0.3 is 0 Å². The van der Waals surface area contributed by atoms with E-state index < -0.39 is 0 Å². The number of likely N-dealkylation sites (N-methyl/N-ethyl adjacent to an activating group) is 1. The van der Waals surface area contributed by atoms with Crippen LogP contribution < -0.4 is 11.5 Å². The minimum Gasteiger partial charge on any atom is -0.370 e. The summed E-state index contributed by atoms with van der Waals surface area (Å²) in [5.74, 6) is 0.174. The lowest BCUT2D eigenvalue weighted by Crippen LogP contribution is -2.37. The topological polar surface area (TPSA) is 64.4 Å². The maximum atomic E-state index is 5.14. The van der Waals surface area contributed by atoms with Crippen LogP contribution in [0.2, 0.25) is 0 Å². The molecule has 0 fully saturated rings. The Kier molecular flexibility index (Phi) is 3.15. The molecule has 0 aromatic rings. The van der Waals surface area contributed by atoms with Gasteiger partial charge in [-0.1, -0.05) is 0 Å². The fourth-order valence-corrected chi connectivity index (χ4v) is 0.479. The maximum absolute atomic E-state index is 5.14.